The lowest BCUT2D eigenvalue weighted by molar-refractivity contribution is -0.134. The van der Waals surface area contributed by atoms with Crippen molar-refractivity contribution in [1.29, 1.82) is 0 Å². The van der Waals surface area contributed by atoms with E-state index in [-0.39, 0.29) is 48.8 Å². The van der Waals surface area contributed by atoms with Crippen molar-refractivity contribution in [3.05, 3.63) is 90.1 Å². The largest absolute Gasteiger partial charge is 0.492 e. The van der Waals surface area contributed by atoms with Crippen LogP contribution in [0.2, 0.25) is 5.15 Å². The number of hydrogen-bond acceptors (Lipinski definition) is 9. The summed E-state index contributed by atoms with van der Waals surface area (Å²) in [4.78, 5) is 41.1. The number of halogens is 1. The highest BCUT2D eigenvalue weighted by atomic mass is 35.5. The zero-order chi connectivity index (χ0) is 31.3. The van der Waals surface area contributed by atoms with E-state index in [1.54, 1.807) is 40.1 Å². The van der Waals surface area contributed by atoms with Gasteiger partial charge >= 0.3 is 0 Å². The van der Waals surface area contributed by atoms with Crippen molar-refractivity contribution >= 4 is 39.3 Å². The van der Waals surface area contributed by atoms with Crippen LogP contribution in [-0.2, 0) is 19.6 Å². The normalized spacial score (nSPS) is 17.3. The van der Waals surface area contributed by atoms with Crippen LogP contribution in [0.15, 0.2) is 84.3 Å². The van der Waals surface area contributed by atoms with Crippen molar-refractivity contribution in [2.75, 3.05) is 37.7 Å². The second-order valence-corrected chi connectivity index (χ2v) is 12.5. The fourth-order valence-corrected chi connectivity index (χ4v) is 6.89. The molecule has 1 aliphatic rings. The Morgan fingerprint density at radius 2 is 1.84 bits per heavy atom. The van der Waals surface area contributed by atoms with Crippen molar-refractivity contribution in [3.8, 4) is 11.7 Å². The van der Waals surface area contributed by atoms with Gasteiger partial charge in [-0.3, -0.25) is 14.2 Å². The van der Waals surface area contributed by atoms with Gasteiger partial charge in [0.25, 0.3) is 0 Å². The van der Waals surface area contributed by atoms with Crippen molar-refractivity contribution in [2.24, 2.45) is 5.73 Å². The molecule has 1 unspecified atom stereocenters. The van der Waals surface area contributed by atoms with Crippen molar-refractivity contribution < 1.29 is 22.7 Å². The van der Waals surface area contributed by atoms with E-state index < -0.39 is 33.8 Å². The number of rotatable bonds is 11. The number of nitrogens with zero attached hydrogens (tertiary/aromatic N) is 6. The number of carbonyl (C=O) groups excluding carboxylic acids is 2. The van der Waals surface area contributed by atoms with Crippen LogP contribution in [-0.4, -0.2) is 82.4 Å². The summed E-state index contributed by atoms with van der Waals surface area (Å²) in [5.41, 5.74) is 5.10. The quantitative estimate of drug-likeness (QED) is 0.184. The summed E-state index contributed by atoms with van der Waals surface area (Å²) in [6, 6.07) is 16.6. The number of nitrogens with one attached hydrogen (secondary N) is 1. The van der Waals surface area contributed by atoms with Crippen LogP contribution in [0.5, 0.6) is 5.75 Å². The minimum atomic E-state index is -4.25. The molecule has 15 heteroatoms. The van der Waals surface area contributed by atoms with Crippen LogP contribution in [0.4, 0.5) is 5.82 Å². The van der Waals surface area contributed by atoms with E-state index >= 15 is 0 Å². The van der Waals surface area contributed by atoms with Gasteiger partial charge in [0.15, 0.2) is 0 Å². The highest BCUT2D eigenvalue weighted by molar-refractivity contribution is 7.89. The van der Waals surface area contributed by atoms with Crippen LogP contribution in [0.1, 0.15) is 12.0 Å². The molecule has 1 fully saturated rings. The predicted molar refractivity (Wildman–Crippen MR) is 163 cm³/mol. The van der Waals surface area contributed by atoms with Crippen LogP contribution in [0.25, 0.3) is 5.95 Å². The maximum Gasteiger partial charge on any atom is 0.244 e. The molecule has 5 rings (SSSR count). The molecule has 230 valence electrons. The number of ether oxygens (including phenoxy) is 1. The zero-order valence-electron chi connectivity index (χ0n) is 23.8. The highest BCUT2D eigenvalue weighted by Gasteiger charge is 2.53. The molecule has 4 aromatic rings. The molecule has 3 heterocycles. The third kappa shape index (κ3) is 6.67. The predicted octanol–water partition coefficient (Wildman–Crippen LogP) is 1.94. The zero-order valence-corrected chi connectivity index (χ0v) is 25.4. The number of imidazole rings is 1. The maximum atomic E-state index is 13.9. The maximum absolute atomic E-state index is 13.9. The van der Waals surface area contributed by atoms with Gasteiger partial charge in [-0.1, -0.05) is 47.5 Å². The van der Waals surface area contributed by atoms with Gasteiger partial charge in [-0.15, -0.1) is 0 Å². The van der Waals surface area contributed by atoms with Gasteiger partial charge in [0.2, 0.25) is 27.8 Å². The minimum absolute atomic E-state index is 0.0292. The van der Waals surface area contributed by atoms with Gasteiger partial charge < -0.3 is 20.7 Å². The van der Waals surface area contributed by atoms with E-state index in [2.05, 4.69) is 20.3 Å². The first-order valence-corrected chi connectivity index (χ1v) is 15.5. The van der Waals surface area contributed by atoms with E-state index in [1.165, 1.54) is 24.5 Å². The molecule has 44 heavy (non-hydrogen) atoms. The first kappa shape index (κ1) is 30.9. The summed E-state index contributed by atoms with van der Waals surface area (Å²) >= 11 is 6.32. The van der Waals surface area contributed by atoms with E-state index in [0.29, 0.717) is 11.6 Å². The number of amides is 2. The Hall–Kier alpha value is -4.53. The average Bonchev–Trinajstić information content (AvgIpc) is 3.56. The first-order valence-electron chi connectivity index (χ1n) is 13.7. The second kappa shape index (κ2) is 13.0. The van der Waals surface area contributed by atoms with Crippen LogP contribution in [0.3, 0.4) is 0 Å². The Labute approximate surface area is 259 Å². The summed E-state index contributed by atoms with van der Waals surface area (Å²) in [5.74, 6) is -0.377. The van der Waals surface area contributed by atoms with E-state index in [0.717, 1.165) is 9.87 Å². The number of hydrogen-bond donors (Lipinski definition) is 2. The number of primary amides is 1. The van der Waals surface area contributed by atoms with E-state index in [1.807, 2.05) is 31.2 Å². The standard InChI is InChI=1S/C29H31ClN8O5S/c1-21-7-9-22(10-8-21)43-16-12-33-26(39)18-29(27(31)40)19-36(14-15-38(29)44(41,42)23-5-3-2-4-6-23)25-17-24(30)34-28(35-25)37-13-11-32-20-37/h2-11,13,17,20H,12,14-16,18-19H2,1H3,(H2,31,40)(H,33,39). The number of nitrogens with two attached hydrogens (primary N) is 1. The van der Waals surface area contributed by atoms with Gasteiger partial charge in [0.05, 0.1) is 17.9 Å². The van der Waals surface area contributed by atoms with Gasteiger partial charge in [-0.25, -0.2) is 18.4 Å². The number of anilines is 1. The monoisotopic (exact) mass is 638 g/mol. The Morgan fingerprint density at radius 1 is 1.09 bits per heavy atom. The average molecular weight is 639 g/mol. The molecule has 0 aliphatic carbocycles. The number of piperazine rings is 1. The van der Waals surface area contributed by atoms with Crippen molar-refractivity contribution in [1.82, 2.24) is 29.1 Å². The number of aromatic nitrogens is 4. The van der Waals surface area contributed by atoms with Crippen LogP contribution >= 0.6 is 11.6 Å². The molecule has 0 spiro atoms. The molecule has 1 atom stereocenters. The third-order valence-electron chi connectivity index (χ3n) is 7.19. The summed E-state index contributed by atoms with van der Waals surface area (Å²) in [7, 11) is -4.25. The molecule has 2 aromatic heterocycles. The van der Waals surface area contributed by atoms with Crippen LogP contribution < -0.4 is 20.7 Å². The van der Waals surface area contributed by atoms with Crippen molar-refractivity contribution in [3.63, 3.8) is 0 Å². The molecule has 0 bridgehead atoms. The fraction of sp³-hybridized carbons (Fsp3) is 0.276. The Bertz CT molecular complexity index is 1720. The molecule has 0 radical (unpaired) electrons. The molecule has 3 N–H and O–H groups in total. The smallest absolute Gasteiger partial charge is 0.244 e. The molecule has 0 saturated carbocycles. The van der Waals surface area contributed by atoms with Gasteiger partial charge in [0.1, 0.15) is 35.2 Å². The molecule has 2 amide bonds. The molecule has 1 aliphatic heterocycles. The molecule has 2 aromatic carbocycles. The molecule has 13 nitrogen and oxygen atoms in total. The fourth-order valence-electron chi connectivity index (χ4n) is 4.97. The molecule has 1 saturated heterocycles. The summed E-state index contributed by atoms with van der Waals surface area (Å²) in [5, 5.41) is 2.85. The first-order chi connectivity index (χ1) is 21.1. The lowest BCUT2D eigenvalue weighted by atomic mass is 9.90. The molecular weight excluding hydrogens is 608 g/mol. The van der Waals surface area contributed by atoms with Gasteiger partial charge in [0, 0.05) is 38.1 Å². The summed E-state index contributed by atoms with van der Waals surface area (Å²) in [6.07, 6.45) is 4.16. The lowest BCUT2D eigenvalue weighted by Crippen LogP contribution is -2.70. The van der Waals surface area contributed by atoms with Gasteiger partial charge in [-0.05, 0) is 31.2 Å². The topological polar surface area (TPSA) is 166 Å². The van der Waals surface area contributed by atoms with E-state index in [9.17, 15) is 18.0 Å². The number of sulfonamides is 1. The summed E-state index contributed by atoms with van der Waals surface area (Å²) < 4.78 is 36.1. The SMILES string of the molecule is Cc1ccc(OCCNC(=O)CC2(C(N)=O)CN(c3cc(Cl)nc(-n4ccnc4)n3)CCN2S(=O)(=O)c2ccccc2)cc1. The minimum Gasteiger partial charge on any atom is -0.492 e. The second-order valence-electron chi connectivity index (χ2n) is 10.2. The number of aryl methyl sites for hydroxylation is 1. The lowest BCUT2D eigenvalue weighted by Gasteiger charge is -2.47. The summed E-state index contributed by atoms with van der Waals surface area (Å²) in [6.45, 7) is 1.94. The van der Waals surface area contributed by atoms with E-state index in [4.69, 9.17) is 22.1 Å². The highest BCUT2D eigenvalue weighted by Crippen LogP contribution is 2.34. The van der Waals surface area contributed by atoms with Gasteiger partial charge in [-0.2, -0.15) is 9.29 Å². The Balaban J connectivity index is 1.43. The number of benzene rings is 2. The Kier molecular flexibility index (Phi) is 9.13. The van der Waals surface area contributed by atoms with Crippen molar-refractivity contribution in [2.45, 2.75) is 23.8 Å². The molecular formula is C29H31ClN8O5S. The van der Waals surface area contributed by atoms with Crippen LogP contribution in [0, 0.1) is 6.92 Å². The Morgan fingerprint density at radius 3 is 2.52 bits per heavy atom. The number of carbonyl (C=O) groups is 2. The third-order valence-corrected chi connectivity index (χ3v) is 9.36.